The normalized spacial score (nSPS) is 10.7. The van der Waals surface area contributed by atoms with Gasteiger partial charge in [-0.3, -0.25) is 0 Å². The van der Waals surface area contributed by atoms with Crippen LogP contribution in [0.1, 0.15) is 19.0 Å². The van der Waals surface area contributed by atoms with Gasteiger partial charge in [0, 0.05) is 30.3 Å². The third-order valence-electron chi connectivity index (χ3n) is 2.80. The van der Waals surface area contributed by atoms with Crippen LogP contribution in [-0.2, 0) is 11.3 Å². The van der Waals surface area contributed by atoms with Crippen LogP contribution < -0.4 is 5.32 Å². The Bertz CT molecular complexity index is 620. The number of anilines is 1. The summed E-state index contributed by atoms with van der Waals surface area (Å²) in [5.74, 6) is 1.29. The van der Waals surface area contributed by atoms with Gasteiger partial charge in [0.2, 0.25) is 0 Å². The summed E-state index contributed by atoms with van der Waals surface area (Å²) in [4.78, 5) is 8.99. The highest BCUT2D eigenvalue weighted by Crippen LogP contribution is 2.29. The average molecular weight is 326 g/mol. The van der Waals surface area contributed by atoms with Crippen LogP contribution in [0.2, 0.25) is 10.0 Å². The van der Waals surface area contributed by atoms with E-state index in [0.717, 1.165) is 24.5 Å². The van der Waals surface area contributed by atoms with Crippen molar-refractivity contribution in [3.8, 4) is 11.4 Å². The largest absolute Gasteiger partial charge is 0.378 e. The van der Waals surface area contributed by atoms with Crippen LogP contribution in [0, 0.1) is 0 Å². The maximum Gasteiger partial charge on any atom is 0.163 e. The number of hydrogen-bond donors (Lipinski definition) is 1. The number of aromatic nitrogens is 2. The number of hydrogen-bond acceptors (Lipinski definition) is 4. The number of ether oxygens (including phenoxy) is 1. The minimum absolute atomic E-state index is 0.411. The standard InChI is InChI=1S/C15H17Cl2N3O/c1-3-6-18-14-8-11(9-21-2)19-15(20-14)12-7-10(16)4-5-13(12)17/h4-5,7-8H,3,6,9H2,1-2H3,(H,18,19,20). The number of nitrogens with zero attached hydrogens (tertiary/aromatic N) is 2. The summed E-state index contributed by atoms with van der Waals surface area (Å²) in [6, 6.07) is 7.12. The number of nitrogens with one attached hydrogen (secondary N) is 1. The molecule has 0 unspecified atom stereocenters. The summed E-state index contributed by atoms with van der Waals surface area (Å²) in [6.07, 6.45) is 1.01. The molecule has 0 bridgehead atoms. The predicted molar refractivity (Wildman–Crippen MR) is 87.0 cm³/mol. The summed E-state index contributed by atoms with van der Waals surface area (Å²) in [7, 11) is 1.63. The monoisotopic (exact) mass is 325 g/mol. The highest BCUT2D eigenvalue weighted by molar-refractivity contribution is 6.35. The predicted octanol–water partition coefficient (Wildman–Crippen LogP) is 4.42. The van der Waals surface area contributed by atoms with E-state index >= 15 is 0 Å². The zero-order valence-electron chi connectivity index (χ0n) is 12.0. The van der Waals surface area contributed by atoms with Crippen LogP contribution in [0.25, 0.3) is 11.4 Å². The van der Waals surface area contributed by atoms with Crippen LogP contribution in [0.15, 0.2) is 24.3 Å². The SMILES string of the molecule is CCCNc1cc(COC)nc(-c2cc(Cl)ccc2Cl)n1. The van der Waals surface area contributed by atoms with Gasteiger partial charge in [-0.05, 0) is 24.6 Å². The molecule has 0 atom stereocenters. The lowest BCUT2D eigenvalue weighted by Crippen LogP contribution is -2.06. The molecule has 4 nitrogen and oxygen atoms in total. The van der Waals surface area contributed by atoms with Crippen molar-refractivity contribution in [2.24, 2.45) is 0 Å². The molecule has 0 radical (unpaired) electrons. The third-order valence-corrected chi connectivity index (χ3v) is 3.36. The molecule has 0 aliphatic carbocycles. The van der Waals surface area contributed by atoms with Crippen molar-refractivity contribution >= 4 is 29.0 Å². The second kappa shape index (κ2) is 7.59. The van der Waals surface area contributed by atoms with Gasteiger partial charge in [0.05, 0.1) is 17.3 Å². The minimum atomic E-state index is 0.411. The minimum Gasteiger partial charge on any atom is -0.378 e. The van der Waals surface area contributed by atoms with Crippen molar-refractivity contribution in [2.75, 3.05) is 19.0 Å². The second-order valence-corrected chi connectivity index (χ2v) is 5.40. The van der Waals surface area contributed by atoms with Crippen molar-refractivity contribution in [3.05, 3.63) is 40.0 Å². The summed E-state index contributed by atoms with van der Waals surface area (Å²) in [5, 5.41) is 4.42. The van der Waals surface area contributed by atoms with Gasteiger partial charge in [-0.25, -0.2) is 9.97 Å². The highest BCUT2D eigenvalue weighted by atomic mass is 35.5. The fourth-order valence-electron chi connectivity index (χ4n) is 1.85. The zero-order valence-corrected chi connectivity index (χ0v) is 13.5. The van der Waals surface area contributed by atoms with E-state index in [0.29, 0.717) is 28.0 Å². The van der Waals surface area contributed by atoms with E-state index in [1.54, 1.807) is 25.3 Å². The fourth-order valence-corrected chi connectivity index (χ4v) is 2.23. The molecule has 0 aliphatic heterocycles. The molecule has 0 amide bonds. The number of rotatable bonds is 6. The summed E-state index contributed by atoms with van der Waals surface area (Å²) in [6.45, 7) is 3.35. The molecule has 1 aromatic heterocycles. The molecule has 0 spiro atoms. The Morgan fingerprint density at radius 1 is 1.19 bits per heavy atom. The van der Waals surface area contributed by atoms with E-state index in [2.05, 4.69) is 22.2 Å². The van der Waals surface area contributed by atoms with Gasteiger partial charge in [-0.15, -0.1) is 0 Å². The lowest BCUT2D eigenvalue weighted by atomic mass is 10.2. The quantitative estimate of drug-likeness (QED) is 0.854. The smallest absolute Gasteiger partial charge is 0.163 e. The first-order valence-electron chi connectivity index (χ1n) is 6.70. The van der Waals surface area contributed by atoms with Crippen LogP contribution in [-0.4, -0.2) is 23.6 Å². The van der Waals surface area contributed by atoms with Gasteiger partial charge in [0.15, 0.2) is 5.82 Å². The summed E-state index contributed by atoms with van der Waals surface area (Å²) in [5.41, 5.74) is 1.50. The summed E-state index contributed by atoms with van der Waals surface area (Å²) < 4.78 is 5.16. The number of halogens is 2. The molecular formula is C15H17Cl2N3O. The first-order chi connectivity index (χ1) is 10.1. The maximum atomic E-state index is 6.23. The molecule has 0 fully saturated rings. The Labute approximate surface area is 134 Å². The van der Waals surface area contributed by atoms with Crippen LogP contribution >= 0.6 is 23.2 Å². The Kier molecular flexibility index (Phi) is 5.79. The molecule has 0 saturated carbocycles. The number of benzene rings is 1. The molecule has 1 aromatic carbocycles. The highest BCUT2D eigenvalue weighted by Gasteiger charge is 2.11. The van der Waals surface area contributed by atoms with Gasteiger partial charge >= 0.3 is 0 Å². The molecule has 6 heteroatoms. The van der Waals surface area contributed by atoms with Crippen molar-refractivity contribution in [1.82, 2.24) is 9.97 Å². The average Bonchev–Trinajstić information content (AvgIpc) is 2.48. The molecule has 112 valence electrons. The van der Waals surface area contributed by atoms with Crippen molar-refractivity contribution in [1.29, 1.82) is 0 Å². The van der Waals surface area contributed by atoms with E-state index in [9.17, 15) is 0 Å². The first kappa shape index (κ1) is 16.0. The second-order valence-electron chi connectivity index (χ2n) is 4.55. The summed E-state index contributed by atoms with van der Waals surface area (Å²) >= 11 is 12.3. The van der Waals surface area contributed by atoms with Crippen LogP contribution in [0.3, 0.4) is 0 Å². The van der Waals surface area contributed by atoms with Gasteiger partial charge in [-0.2, -0.15) is 0 Å². The Morgan fingerprint density at radius 3 is 2.71 bits per heavy atom. The molecule has 2 rings (SSSR count). The van der Waals surface area contributed by atoms with Crippen LogP contribution in [0.5, 0.6) is 0 Å². The first-order valence-corrected chi connectivity index (χ1v) is 7.45. The van der Waals surface area contributed by atoms with Crippen molar-refractivity contribution in [3.63, 3.8) is 0 Å². The van der Waals surface area contributed by atoms with Gasteiger partial charge in [0.25, 0.3) is 0 Å². The fraction of sp³-hybridized carbons (Fsp3) is 0.333. The topological polar surface area (TPSA) is 47.0 Å². The lowest BCUT2D eigenvalue weighted by molar-refractivity contribution is 0.181. The van der Waals surface area contributed by atoms with E-state index < -0.39 is 0 Å². The lowest BCUT2D eigenvalue weighted by Gasteiger charge is -2.10. The van der Waals surface area contributed by atoms with Gasteiger partial charge in [-0.1, -0.05) is 30.1 Å². The number of methoxy groups -OCH3 is 1. The Hall–Kier alpha value is -1.36. The van der Waals surface area contributed by atoms with E-state index in [1.807, 2.05) is 6.07 Å². The van der Waals surface area contributed by atoms with E-state index in [1.165, 1.54) is 0 Å². The molecule has 2 aromatic rings. The van der Waals surface area contributed by atoms with Crippen molar-refractivity contribution < 1.29 is 4.74 Å². The van der Waals surface area contributed by atoms with Crippen LogP contribution in [0.4, 0.5) is 5.82 Å². The molecule has 1 heterocycles. The van der Waals surface area contributed by atoms with E-state index in [4.69, 9.17) is 27.9 Å². The van der Waals surface area contributed by atoms with E-state index in [-0.39, 0.29) is 0 Å². The molecule has 0 aliphatic rings. The maximum absolute atomic E-state index is 6.23. The molecule has 1 N–H and O–H groups in total. The van der Waals surface area contributed by atoms with Gasteiger partial charge in [0.1, 0.15) is 5.82 Å². The Morgan fingerprint density at radius 2 is 2.00 bits per heavy atom. The zero-order chi connectivity index (χ0) is 15.2. The van der Waals surface area contributed by atoms with Gasteiger partial charge < -0.3 is 10.1 Å². The molecule has 21 heavy (non-hydrogen) atoms. The Balaban J connectivity index is 2.45. The molecule has 0 saturated heterocycles. The third kappa shape index (κ3) is 4.30. The molecular weight excluding hydrogens is 309 g/mol. The van der Waals surface area contributed by atoms with Crippen molar-refractivity contribution in [2.45, 2.75) is 20.0 Å².